The molecule has 88 valence electrons. The van der Waals surface area contributed by atoms with E-state index in [1.165, 1.54) is 15.5 Å². The van der Waals surface area contributed by atoms with Gasteiger partial charge in [0.25, 0.3) is 0 Å². The molecule has 1 N–H and O–H groups in total. The Kier molecular flexibility index (Phi) is 3.45. The second-order valence-electron chi connectivity index (χ2n) is 5.24. The highest BCUT2D eigenvalue weighted by atomic mass is 32.2. The molecule has 1 atom stereocenters. The lowest BCUT2D eigenvalue weighted by Crippen LogP contribution is -2.38. The van der Waals surface area contributed by atoms with Gasteiger partial charge >= 0.3 is 0 Å². The van der Waals surface area contributed by atoms with Gasteiger partial charge in [-0.05, 0) is 29.9 Å². The zero-order valence-corrected chi connectivity index (χ0v) is 12.0. The number of thioether (sulfide) groups is 2. The molecule has 0 aromatic heterocycles. The number of hydrogen-bond donors (Lipinski definition) is 1. The van der Waals surface area contributed by atoms with Crippen LogP contribution in [0.4, 0.5) is 5.69 Å². The summed E-state index contributed by atoms with van der Waals surface area (Å²) in [5, 5.41) is 3.66. The molecule has 1 unspecified atom stereocenters. The number of hydrogen-bond acceptors (Lipinski definition) is 3. The first-order valence-electron chi connectivity index (χ1n) is 5.58. The molecule has 1 heterocycles. The van der Waals surface area contributed by atoms with Gasteiger partial charge in [0.2, 0.25) is 0 Å². The number of fused-ring (bicyclic) bond motifs is 1. The molecule has 0 fully saturated rings. The van der Waals surface area contributed by atoms with Crippen LogP contribution >= 0.6 is 23.5 Å². The largest absolute Gasteiger partial charge is 0.380 e. The molecule has 0 bridgehead atoms. The van der Waals surface area contributed by atoms with E-state index in [9.17, 15) is 0 Å². The van der Waals surface area contributed by atoms with Gasteiger partial charge in [-0.25, -0.2) is 0 Å². The molecule has 3 heteroatoms. The van der Waals surface area contributed by atoms with Crippen molar-refractivity contribution < 1.29 is 0 Å². The summed E-state index contributed by atoms with van der Waals surface area (Å²) in [6, 6.07) is 7.26. The summed E-state index contributed by atoms with van der Waals surface area (Å²) in [6.45, 7) is 6.89. The summed E-state index contributed by atoms with van der Waals surface area (Å²) in [5.41, 5.74) is 1.62. The molecule has 0 saturated heterocycles. The topological polar surface area (TPSA) is 12.0 Å². The average molecular weight is 253 g/mol. The van der Waals surface area contributed by atoms with E-state index in [2.05, 4.69) is 50.5 Å². The lowest BCUT2D eigenvalue weighted by Gasteiger charge is -2.36. The van der Waals surface area contributed by atoms with Gasteiger partial charge in [0.1, 0.15) is 0 Å². The molecule has 0 spiro atoms. The number of anilines is 1. The Bertz CT molecular complexity index is 382. The highest BCUT2D eigenvalue weighted by Gasteiger charge is 2.28. The fraction of sp³-hybridized carbons (Fsp3) is 0.538. The summed E-state index contributed by atoms with van der Waals surface area (Å²) in [5.74, 6) is 1.16. The Balaban J connectivity index is 2.22. The van der Waals surface area contributed by atoms with Crippen molar-refractivity contribution in [3.8, 4) is 0 Å². The van der Waals surface area contributed by atoms with Crippen LogP contribution in [0.3, 0.4) is 0 Å². The number of benzene rings is 1. The Hall–Kier alpha value is -0.280. The van der Waals surface area contributed by atoms with E-state index >= 15 is 0 Å². The molecule has 1 nitrogen and oxygen atoms in total. The van der Waals surface area contributed by atoms with Crippen molar-refractivity contribution in [2.45, 2.75) is 36.6 Å². The molecule has 2 rings (SSSR count). The standard InChI is InChI=1S/C13H19NS2/c1-13(2,3)12-8-16-11-7-9(15-4)5-6-10(11)14-12/h5-7,12,14H,8H2,1-4H3. The van der Waals surface area contributed by atoms with Gasteiger partial charge in [0, 0.05) is 27.3 Å². The van der Waals surface area contributed by atoms with Gasteiger partial charge in [0.15, 0.2) is 0 Å². The predicted molar refractivity (Wildman–Crippen MR) is 75.8 cm³/mol. The monoisotopic (exact) mass is 253 g/mol. The van der Waals surface area contributed by atoms with Crippen LogP contribution in [0.2, 0.25) is 0 Å². The van der Waals surface area contributed by atoms with Crippen molar-refractivity contribution in [3.05, 3.63) is 18.2 Å². The van der Waals surface area contributed by atoms with Crippen molar-refractivity contribution >= 4 is 29.2 Å². The highest BCUT2D eigenvalue weighted by Crippen LogP contribution is 2.39. The van der Waals surface area contributed by atoms with Crippen LogP contribution in [0, 0.1) is 5.41 Å². The molecule has 1 aliphatic rings. The Labute approximate surface area is 107 Å². The van der Waals surface area contributed by atoms with Crippen molar-refractivity contribution in [3.63, 3.8) is 0 Å². The maximum absolute atomic E-state index is 3.66. The van der Waals surface area contributed by atoms with Crippen LogP contribution in [0.25, 0.3) is 0 Å². The van der Waals surface area contributed by atoms with E-state index in [1.807, 2.05) is 11.8 Å². The molecule has 1 aromatic carbocycles. The van der Waals surface area contributed by atoms with E-state index in [1.54, 1.807) is 11.8 Å². The maximum atomic E-state index is 3.66. The van der Waals surface area contributed by atoms with Crippen molar-refractivity contribution in [1.29, 1.82) is 0 Å². The third-order valence-electron chi connectivity index (χ3n) is 2.97. The summed E-state index contributed by atoms with van der Waals surface area (Å²) in [4.78, 5) is 2.75. The minimum Gasteiger partial charge on any atom is -0.380 e. The van der Waals surface area contributed by atoms with Crippen LogP contribution in [0.1, 0.15) is 20.8 Å². The van der Waals surface area contributed by atoms with Gasteiger partial charge in [-0.15, -0.1) is 23.5 Å². The van der Waals surface area contributed by atoms with Crippen molar-refractivity contribution in [2.24, 2.45) is 5.41 Å². The summed E-state index contributed by atoms with van der Waals surface area (Å²) >= 11 is 3.78. The van der Waals surface area contributed by atoms with Crippen molar-refractivity contribution in [1.82, 2.24) is 0 Å². The molecule has 0 saturated carbocycles. The first kappa shape index (κ1) is 12.2. The molecule has 0 amide bonds. The van der Waals surface area contributed by atoms with Gasteiger partial charge in [-0.1, -0.05) is 20.8 Å². The smallest absolute Gasteiger partial charge is 0.0481 e. The van der Waals surface area contributed by atoms with Crippen LogP contribution in [-0.4, -0.2) is 18.1 Å². The molecular formula is C13H19NS2. The van der Waals surface area contributed by atoms with Gasteiger partial charge < -0.3 is 5.32 Å². The normalized spacial score (nSPS) is 20.1. The predicted octanol–water partition coefficient (Wildman–Crippen LogP) is 4.34. The lowest BCUT2D eigenvalue weighted by molar-refractivity contribution is 0.362. The Morgan fingerprint density at radius 1 is 1.38 bits per heavy atom. The van der Waals surface area contributed by atoms with Crippen LogP contribution < -0.4 is 5.32 Å². The molecular weight excluding hydrogens is 234 g/mol. The average Bonchev–Trinajstić information content (AvgIpc) is 2.26. The SMILES string of the molecule is CSc1ccc2c(c1)SCC(C(C)(C)C)N2. The van der Waals surface area contributed by atoms with E-state index in [4.69, 9.17) is 0 Å². The van der Waals surface area contributed by atoms with Gasteiger partial charge in [0.05, 0.1) is 0 Å². The molecule has 0 aliphatic carbocycles. The summed E-state index contributed by atoms with van der Waals surface area (Å²) in [6.07, 6.45) is 2.13. The number of nitrogens with one attached hydrogen (secondary N) is 1. The van der Waals surface area contributed by atoms with Crippen molar-refractivity contribution in [2.75, 3.05) is 17.3 Å². The van der Waals surface area contributed by atoms with E-state index in [0.717, 1.165) is 5.75 Å². The van der Waals surface area contributed by atoms with E-state index < -0.39 is 0 Å². The first-order valence-corrected chi connectivity index (χ1v) is 7.79. The fourth-order valence-electron chi connectivity index (χ4n) is 1.74. The first-order chi connectivity index (χ1) is 7.50. The fourth-order valence-corrected chi connectivity index (χ4v) is 3.67. The molecule has 0 radical (unpaired) electrons. The highest BCUT2D eigenvalue weighted by molar-refractivity contribution is 8.00. The Morgan fingerprint density at radius 2 is 2.12 bits per heavy atom. The van der Waals surface area contributed by atoms with E-state index in [0.29, 0.717) is 11.5 Å². The maximum Gasteiger partial charge on any atom is 0.0481 e. The summed E-state index contributed by atoms with van der Waals surface area (Å²) in [7, 11) is 0. The van der Waals surface area contributed by atoms with Crippen LogP contribution in [0.5, 0.6) is 0 Å². The van der Waals surface area contributed by atoms with E-state index in [-0.39, 0.29) is 0 Å². The second kappa shape index (κ2) is 4.53. The van der Waals surface area contributed by atoms with Gasteiger partial charge in [-0.2, -0.15) is 0 Å². The zero-order valence-electron chi connectivity index (χ0n) is 10.3. The zero-order chi connectivity index (χ0) is 11.8. The molecule has 1 aliphatic heterocycles. The third-order valence-corrected chi connectivity index (χ3v) is 4.84. The lowest BCUT2D eigenvalue weighted by atomic mass is 9.87. The summed E-state index contributed by atoms with van der Waals surface area (Å²) < 4.78 is 0. The number of rotatable bonds is 1. The second-order valence-corrected chi connectivity index (χ2v) is 7.18. The third kappa shape index (κ3) is 2.51. The van der Waals surface area contributed by atoms with Crippen LogP contribution in [0.15, 0.2) is 28.0 Å². The minimum absolute atomic E-state index is 0.322. The van der Waals surface area contributed by atoms with Crippen LogP contribution in [-0.2, 0) is 0 Å². The minimum atomic E-state index is 0.322. The molecule has 16 heavy (non-hydrogen) atoms. The van der Waals surface area contributed by atoms with Gasteiger partial charge in [-0.3, -0.25) is 0 Å². The Morgan fingerprint density at radius 3 is 2.75 bits per heavy atom. The molecule has 1 aromatic rings. The quantitative estimate of drug-likeness (QED) is 0.748.